The number of halogens is 3. The number of guanidine groups is 1. The summed E-state index contributed by atoms with van der Waals surface area (Å²) in [5.74, 6) is 0.167. The van der Waals surface area contributed by atoms with Crippen LogP contribution in [0.25, 0.3) is 0 Å². The summed E-state index contributed by atoms with van der Waals surface area (Å²) < 4.78 is 37.4. The van der Waals surface area contributed by atoms with Crippen LogP contribution in [0.15, 0.2) is 46.0 Å². The second-order valence-corrected chi connectivity index (χ2v) is 7.98. The van der Waals surface area contributed by atoms with Gasteiger partial charge in [0, 0.05) is 58.4 Å². The molecule has 0 unspecified atom stereocenters. The minimum atomic E-state index is -0.802. The fourth-order valence-corrected chi connectivity index (χ4v) is 3.74. The largest absolute Gasteiger partial charge is 0.469 e. The molecule has 1 fully saturated rings. The van der Waals surface area contributed by atoms with Crippen molar-refractivity contribution in [1.29, 1.82) is 0 Å². The first-order valence-corrected chi connectivity index (χ1v) is 11.4. The van der Waals surface area contributed by atoms with Crippen LogP contribution in [0.1, 0.15) is 37.5 Å². The standard InChI is InChI=1S/C24H34F2N4O2.HI/c1-2-31-15-4-11-27-24(28-12-8-21-5-3-16-32-21)29-20-9-13-30(14-10-20)18-19-6-7-22(25)23(26)17-19;/h3,5-7,16-17,20H,2,4,8-15,18H2,1H3,(H2,27,28,29);1H. The number of furan rings is 1. The first kappa shape index (κ1) is 27.5. The monoisotopic (exact) mass is 576 g/mol. The van der Waals surface area contributed by atoms with Crippen LogP contribution in [0.3, 0.4) is 0 Å². The molecule has 1 aliphatic heterocycles. The normalized spacial score (nSPS) is 15.3. The van der Waals surface area contributed by atoms with Crippen molar-refractivity contribution < 1.29 is 17.9 Å². The number of benzene rings is 1. The first-order chi connectivity index (χ1) is 15.6. The van der Waals surface area contributed by atoms with E-state index in [1.165, 1.54) is 12.1 Å². The number of hydrogen-bond donors (Lipinski definition) is 2. The highest BCUT2D eigenvalue weighted by Gasteiger charge is 2.20. The fraction of sp³-hybridized carbons (Fsp3) is 0.542. The van der Waals surface area contributed by atoms with Gasteiger partial charge in [0.05, 0.1) is 6.26 Å². The molecule has 0 radical (unpaired) electrons. The van der Waals surface area contributed by atoms with Crippen LogP contribution in [0, 0.1) is 11.6 Å². The Morgan fingerprint density at radius 1 is 1.21 bits per heavy atom. The van der Waals surface area contributed by atoms with Crippen LogP contribution in [0.2, 0.25) is 0 Å². The van der Waals surface area contributed by atoms with Gasteiger partial charge in [-0.25, -0.2) is 8.78 Å². The maximum Gasteiger partial charge on any atom is 0.191 e. The SMILES string of the molecule is CCOCCCN=C(NCCc1ccco1)NC1CCN(Cc2ccc(F)c(F)c2)CC1.I. The summed E-state index contributed by atoms with van der Waals surface area (Å²) in [7, 11) is 0. The zero-order valence-corrected chi connectivity index (χ0v) is 21.5. The van der Waals surface area contributed by atoms with Crippen molar-refractivity contribution in [2.24, 2.45) is 4.99 Å². The highest BCUT2D eigenvalue weighted by atomic mass is 127. The minimum Gasteiger partial charge on any atom is -0.469 e. The lowest BCUT2D eigenvalue weighted by molar-refractivity contribution is 0.146. The summed E-state index contributed by atoms with van der Waals surface area (Å²) in [5, 5.41) is 6.97. The van der Waals surface area contributed by atoms with E-state index in [1.54, 1.807) is 12.3 Å². The summed E-state index contributed by atoms with van der Waals surface area (Å²) in [6.07, 6.45) is 5.28. The molecule has 1 aromatic heterocycles. The number of likely N-dealkylation sites (tertiary alicyclic amines) is 1. The number of rotatable bonds is 11. The average Bonchev–Trinajstić information content (AvgIpc) is 3.31. The Labute approximate surface area is 212 Å². The molecule has 0 atom stereocenters. The summed E-state index contributed by atoms with van der Waals surface area (Å²) in [5.41, 5.74) is 0.798. The molecule has 1 saturated heterocycles. The Kier molecular flexibility index (Phi) is 12.7. The van der Waals surface area contributed by atoms with Crippen molar-refractivity contribution in [3.8, 4) is 0 Å². The van der Waals surface area contributed by atoms with Crippen LogP contribution in [0.4, 0.5) is 8.78 Å². The Bertz CT molecular complexity index is 828. The Morgan fingerprint density at radius 2 is 2.03 bits per heavy atom. The van der Waals surface area contributed by atoms with E-state index < -0.39 is 11.6 Å². The minimum absolute atomic E-state index is 0. The topological polar surface area (TPSA) is 62.0 Å². The molecule has 2 N–H and O–H groups in total. The molecule has 9 heteroatoms. The third-order valence-electron chi connectivity index (χ3n) is 5.48. The van der Waals surface area contributed by atoms with Crippen LogP contribution in [0.5, 0.6) is 0 Å². The van der Waals surface area contributed by atoms with Gasteiger partial charge in [0.2, 0.25) is 0 Å². The molecule has 33 heavy (non-hydrogen) atoms. The van der Waals surface area contributed by atoms with E-state index in [0.717, 1.165) is 69.2 Å². The maximum atomic E-state index is 13.5. The van der Waals surface area contributed by atoms with Gasteiger partial charge in [0.15, 0.2) is 17.6 Å². The third kappa shape index (κ3) is 9.97. The summed E-state index contributed by atoms with van der Waals surface area (Å²) in [6, 6.07) is 8.31. The zero-order valence-electron chi connectivity index (χ0n) is 19.2. The van der Waals surface area contributed by atoms with Crippen LogP contribution < -0.4 is 10.6 Å². The molecule has 0 bridgehead atoms. The smallest absolute Gasteiger partial charge is 0.191 e. The van der Waals surface area contributed by atoms with Gasteiger partial charge in [-0.1, -0.05) is 6.07 Å². The van der Waals surface area contributed by atoms with E-state index >= 15 is 0 Å². The average molecular weight is 576 g/mol. The highest BCUT2D eigenvalue weighted by Crippen LogP contribution is 2.16. The van der Waals surface area contributed by atoms with E-state index in [1.807, 2.05) is 19.1 Å². The van der Waals surface area contributed by atoms with Crippen molar-refractivity contribution in [2.45, 2.75) is 45.2 Å². The van der Waals surface area contributed by atoms with E-state index in [2.05, 4.69) is 15.5 Å². The number of nitrogens with one attached hydrogen (secondary N) is 2. The lowest BCUT2D eigenvalue weighted by atomic mass is 10.0. The zero-order chi connectivity index (χ0) is 22.6. The molecular weight excluding hydrogens is 541 g/mol. The Morgan fingerprint density at radius 3 is 2.73 bits per heavy atom. The van der Waals surface area contributed by atoms with E-state index in [4.69, 9.17) is 14.1 Å². The number of ether oxygens (including phenoxy) is 1. The van der Waals surface area contributed by atoms with Gasteiger partial charge in [0.1, 0.15) is 5.76 Å². The van der Waals surface area contributed by atoms with Crippen molar-refractivity contribution in [2.75, 3.05) is 39.4 Å². The van der Waals surface area contributed by atoms with E-state index in [-0.39, 0.29) is 24.0 Å². The summed E-state index contributed by atoms with van der Waals surface area (Å²) in [4.78, 5) is 6.98. The molecule has 184 valence electrons. The number of piperidine rings is 1. The van der Waals surface area contributed by atoms with Crippen molar-refractivity contribution in [3.63, 3.8) is 0 Å². The Balaban J connectivity index is 0.00000385. The predicted octanol–water partition coefficient (Wildman–Crippen LogP) is 4.34. The molecule has 1 aromatic carbocycles. The second-order valence-electron chi connectivity index (χ2n) is 7.98. The Hall–Kier alpha value is -1.72. The van der Waals surface area contributed by atoms with Gasteiger partial charge in [-0.15, -0.1) is 24.0 Å². The quantitative estimate of drug-likeness (QED) is 0.181. The lowest BCUT2D eigenvalue weighted by Crippen LogP contribution is -2.49. The lowest BCUT2D eigenvalue weighted by Gasteiger charge is -2.33. The van der Waals surface area contributed by atoms with Gasteiger partial charge in [-0.2, -0.15) is 0 Å². The highest BCUT2D eigenvalue weighted by molar-refractivity contribution is 14.0. The van der Waals surface area contributed by atoms with Crippen LogP contribution in [-0.4, -0.2) is 56.3 Å². The van der Waals surface area contributed by atoms with Gasteiger partial charge in [0.25, 0.3) is 0 Å². The van der Waals surface area contributed by atoms with Crippen LogP contribution >= 0.6 is 24.0 Å². The molecule has 0 spiro atoms. The fourth-order valence-electron chi connectivity index (χ4n) is 3.74. The molecule has 6 nitrogen and oxygen atoms in total. The van der Waals surface area contributed by atoms with Gasteiger partial charge in [-0.3, -0.25) is 9.89 Å². The van der Waals surface area contributed by atoms with E-state index in [9.17, 15) is 8.78 Å². The molecule has 2 aromatic rings. The van der Waals surface area contributed by atoms with Gasteiger partial charge < -0.3 is 19.8 Å². The summed E-state index contributed by atoms with van der Waals surface area (Å²) >= 11 is 0. The van der Waals surface area contributed by atoms with Crippen molar-refractivity contribution >= 4 is 29.9 Å². The first-order valence-electron chi connectivity index (χ1n) is 11.4. The molecular formula is C24H35F2IN4O2. The molecule has 0 saturated carbocycles. The third-order valence-corrected chi connectivity index (χ3v) is 5.48. The predicted molar refractivity (Wildman–Crippen MR) is 137 cm³/mol. The molecule has 0 aliphatic carbocycles. The second kappa shape index (κ2) is 15.2. The molecule has 1 aliphatic rings. The van der Waals surface area contributed by atoms with Crippen LogP contribution in [-0.2, 0) is 17.7 Å². The molecule has 3 rings (SSSR count). The van der Waals surface area contributed by atoms with Gasteiger partial charge in [-0.05, 0) is 56.0 Å². The van der Waals surface area contributed by atoms with Crippen molar-refractivity contribution in [1.82, 2.24) is 15.5 Å². The molecule has 0 amide bonds. The number of hydrogen-bond acceptors (Lipinski definition) is 4. The number of aliphatic imine (C=N–C) groups is 1. The van der Waals surface area contributed by atoms with Gasteiger partial charge >= 0.3 is 0 Å². The van der Waals surface area contributed by atoms with Crippen molar-refractivity contribution in [3.05, 3.63) is 59.6 Å². The number of nitrogens with zero attached hydrogens (tertiary/aromatic N) is 2. The molecule has 2 heterocycles. The van der Waals surface area contributed by atoms with E-state index in [0.29, 0.717) is 25.7 Å². The summed E-state index contributed by atoms with van der Waals surface area (Å²) in [6.45, 7) is 7.27. The maximum absolute atomic E-state index is 13.5.